The van der Waals surface area contributed by atoms with Crippen molar-refractivity contribution in [3.8, 4) is 0 Å². The van der Waals surface area contributed by atoms with Crippen LogP contribution in [0.15, 0.2) is 24.3 Å². The maximum atomic E-state index is 11.9. The van der Waals surface area contributed by atoms with Crippen LogP contribution in [0.5, 0.6) is 0 Å². The molecule has 1 unspecified atom stereocenters. The number of thioether (sulfide) groups is 1. The number of hydrogen-bond acceptors (Lipinski definition) is 5. The second-order valence-electron chi connectivity index (χ2n) is 6.18. The molecule has 0 spiro atoms. The van der Waals surface area contributed by atoms with Crippen LogP contribution in [0.25, 0.3) is 0 Å². The largest absolute Gasteiger partial charge is 0.444 e. The predicted molar refractivity (Wildman–Crippen MR) is 85.7 cm³/mol. The van der Waals surface area contributed by atoms with Gasteiger partial charge in [0, 0.05) is 18.0 Å². The Morgan fingerprint density at radius 1 is 1.32 bits per heavy atom. The molecule has 1 aromatic carbocycles. The van der Waals surface area contributed by atoms with E-state index in [1.165, 1.54) is 0 Å². The van der Waals surface area contributed by atoms with E-state index in [1.807, 2.05) is 12.1 Å². The van der Waals surface area contributed by atoms with Crippen LogP contribution < -0.4 is 5.32 Å². The van der Waals surface area contributed by atoms with E-state index in [2.05, 4.69) is 5.32 Å². The minimum atomic E-state index is -0.580. The van der Waals surface area contributed by atoms with Crippen molar-refractivity contribution in [2.75, 3.05) is 5.32 Å². The Morgan fingerprint density at radius 2 is 2.00 bits per heavy atom. The molecule has 1 aliphatic rings. The number of amides is 1. The summed E-state index contributed by atoms with van der Waals surface area (Å²) in [5.74, 6) is -0.320. The molecule has 0 aromatic heterocycles. The van der Waals surface area contributed by atoms with Crippen LogP contribution >= 0.6 is 11.8 Å². The smallest absolute Gasteiger partial charge is 0.412 e. The number of nitrogens with one attached hydrogen (secondary N) is 1. The van der Waals surface area contributed by atoms with Gasteiger partial charge in [-0.3, -0.25) is 14.9 Å². The Morgan fingerprint density at radius 3 is 2.59 bits per heavy atom. The third kappa shape index (κ3) is 4.59. The molecular formula is C16H19NO4S. The summed E-state index contributed by atoms with van der Waals surface area (Å²) in [7, 11) is 0. The maximum Gasteiger partial charge on any atom is 0.412 e. The molecule has 2 rings (SSSR count). The lowest BCUT2D eigenvalue weighted by molar-refractivity contribution is -0.115. The van der Waals surface area contributed by atoms with E-state index in [-0.39, 0.29) is 22.6 Å². The van der Waals surface area contributed by atoms with E-state index in [4.69, 9.17) is 4.74 Å². The number of anilines is 1. The Labute approximate surface area is 133 Å². The normalized spacial score (nSPS) is 18.4. The van der Waals surface area contributed by atoms with Crippen molar-refractivity contribution in [3.05, 3.63) is 29.8 Å². The molecule has 1 aromatic rings. The highest BCUT2D eigenvalue weighted by Gasteiger charge is 2.32. The molecule has 1 saturated heterocycles. The van der Waals surface area contributed by atoms with Gasteiger partial charge in [-0.05, 0) is 50.6 Å². The van der Waals surface area contributed by atoms with E-state index in [0.717, 1.165) is 17.3 Å². The van der Waals surface area contributed by atoms with Gasteiger partial charge >= 0.3 is 6.09 Å². The van der Waals surface area contributed by atoms with E-state index in [0.29, 0.717) is 12.1 Å². The minimum Gasteiger partial charge on any atom is -0.444 e. The molecule has 22 heavy (non-hydrogen) atoms. The molecule has 1 N–H and O–H groups in total. The molecule has 0 aliphatic carbocycles. The van der Waals surface area contributed by atoms with Gasteiger partial charge < -0.3 is 4.74 Å². The van der Waals surface area contributed by atoms with Crippen molar-refractivity contribution < 1.29 is 19.1 Å². The standard InChI is InChI=1S/C16H19NO4S/c1-16(2,3)21-15(20)17-12-7-5-4-6-10(12)8-11-9-13(18)22-14(11)19/h4-7,11H,8-9H2,1-3H3,(H,17,20). The Kier molecular flexibility index (Phi) is 4.90. The summed E-state index contributed by atoms with van der Waals surface area (Å²) in [4.78, 5) is 34.9. The molecule has 1 fully saturated rings. The highest BCUT2D eigenvalue weighted by molar-refractivity contribution is 8.26. The zero-order valence-electron chi connectivity index (χ0n) is 12.8. The van der Waals surface area contributed by atoms with Gasteiger partial charge in [0.05, 0.1) is 0 Å². The summed E-state index contributed by atoms with van der Waals surface area (Å²) < 4.78 is 5.23. The van der Waals surface area contributed by atoms with Crippen LogP contribution in [-0.4, -0.2) is 21.9 Å². The first-order valence-corrected chi connectivity index (χ1v) is 7.88. The Balaban J connectivity index is 2.08. The minimum absolute atomic E-state index is 0.0902. The predicted octanol–water partition coefficient (Wildman–Crippen LogP) is 3.38. The second-order valence-corrected chi connectivity index (χ2v) is 7.24. The molecule has 1 atom stereocenters. The van der Waals surface area contributed by atoms with Gasteiger partial charge in [0.2, 0.25) is 0 Å². The highest BCUT2D eigenvalue weighted by Crippen LogP contribution is 2.31. The number of carbonyl (C=O) groups excluding carboxylic acids is 3. The first-order valence-electron chi connectivity index (χ1n) is 7.07. The highest BCUT2D eigenvalue weighted by atomic mass is 32.2. The number of carbonyl (C=O) groups is 3. The van der Waals surface area contributed by atoms with Crippen LogP contribution in [0, 0.1) is 5.92 Å². The van der Waals surface area contributed by atoms with Crippen molar-refractivity contribution in [1.82, 2.24) is 0 Å². The molecule has 1 heterocycles. The average molecular weight is 321 g/mol. The van der Waals surface area contributed by atoms with Crippen molar-refractivity contribution in [3.63, 3.8) is 0 Å². The Hall–Kier alpha value is -1.82. The van der Waals surface area contributed by atoms with Crippen LogP contribution in [0.2, 0.25) is 0 Å². The van der Waals surface area contributed by atoms with Gasteiger partial charge in [-0.2, -0.15) is 0 Å². The van der Waals surface area contributed by atoms with Gasteiger partial charge in [0.25, 0.3) is 0 Å². The summed E-state index contributed by atoms with van der Waals surface area (Å²) in [5, 5.41) is 2.51. The van der Waals surface area contributed by atoms with Crippen molar-refractivity contribution in [2.24, 2.45) is 5.92 Å². The quantitative estimate of drug-likeness (QED) is 0.924. The van der Waals surface area contributed by atoms with E-state index < -0.39 is 11.7 Å². The zero-order chi connectivity index (χ0) is 16.3. The monoisotopic (exact) mass is 321 g/mol. The SMILES string of the molecule is CC(C)(C)OC(=O)Nc1ccccc1CC1CC(=O)SC1=O. The van der Waals surface area contributed by atoms with Gasteiger partial charge in [0.1, 0.15) is 5.60 Å². The Bertz CT molecular complexity index is 606. The van der Waals surface area contributed by atoms with Crippen LogP contribution in [0.3, 0.4) is 0 Å². The molecule has 0 bridgehead atoms. The second kappa shape index (κ2) is 6.52. The summed E-state index contributed by atoms with van der Waals surface area (Å²) >= 11 is 0.786. The summed E-state index contributed by atoms with van der Waals surface area (Å²) in [6.07, 6.45) is 0.150. The van der Waals surface area contributed by atoms with Crippen molar-refractivity contribution >= 4 is 33.8 Å². The molecule has 1 aliphatic heterocycles. The molecule has 6 heteroatoms. The van der Waals surface area contributed by atoms with Crippen molar-refractivity contribution in [1.29, 1.82) is 0 Å². The lowest BCUT2D eigenvalue weighted by Gasteiger charge is -2.20. The number of rotatable bonds is 3. The average Bonchev–Trinajstić information content (AvgIpc) is 2.68. The fourth-order valence-corrected chi connectivity index (χ4v) is 3.02. The number of ether oxygens (including phenoxy) is 1. The summed E-state index contributed by atoms with van der Waals surface area (Å²) in [5.41, 5.74) is 0.847. The lowest BCUT2D eigenvalue weighted by atomic mass is 9.97. The van der Waals surface area contributed by atoms with E-state index in [9.17, 15) is 14.4 Å². The number of benzene rings is 1. The summed E-state index contributed by atoms with van der Waals surface area (Å²) in [6, 6.07) is 7.23. The van der Waals surface area contributed by atoms with Crippen molar-refractivity contribution in [2.45, 2.75) is 39.2 Å². The van der Waals surface area contributed by atoms with Crippen LogP contribution in [0.4, 0.5) is 10.5 Å². The number of para-hydroxylation sites is 1. The fraction of sp³-hybridized carbons (Fsp3) is 0.438. The lowest BCUT2D eigenvalue weighted by Crippen LogP contribution is -2.27. The molecule has 0 radical (unpaired) electrons. The first kappa shape index (κ1) is 16.5. The topological polar surface area (TPSA) is 72.5 Å². The molecule has 118 valence electrons. The number of hydrogen-bond donors (Lipinski definition) is 1. The van der Waals surface area contributed by atoms with Gasteiger partial charge in [0.15, 0.2) is 10.2 Å². The van der Waals surface area contributed by atoms with Gasteiger partial charge in [-0.1, -0.05) is 18.2 Å². The van der Waals surface area contributed by atoms with Gasteiger partial charge in [-0.25, -0.2) is 4.79 Å². The third-order valence-electron chi connectivity index (χ3n) is 3.08. The molecule has 0 saturated carbocycles. The third-order valence-corrected chi connectivity index (χ3v) is 4.01. The van der Waals surface area contributed by atoms with E-state index in [1.54, 1.807) is 32.9 Å². The molecule has 1 amide bonds. The first-order chi connectivity index (χ1) is 10.2. The van der Waals surface area contributed by atoms with Gasteiger partial charge in [-0.15, -0.1) is 0 Å². The summed E-state index contributed by atoms with van der Waals surface area (Å²) in [6.45, 7) is 5.37. The molecular weight excluding hydrogens is 302 g/mol. The maximum absolute atomic E-state index is 11.9. The fourth-order valence-electron chi connectivity index (χ4n) is 2.18. The van der Waals surface area contributed by atoms with Crippen LogP contribution in [-0.2, 0) is 20.7 Å². The van der Waals surface area contributed by atoms with Crippen LogP contribution in [0.1, 0.15) is 32.8 Å². The molecule has 5 nitrogen and oxygen atoms in total. The van der Waals surface area contributed by atoms with E-state index >= 15 is 0 Å². The zero-order valence-corrected chi connectivity index (χ0v) is 13.7.